The number of anilines is 2. The van der Waals surface area contributed by atoms with Crippen LogP contribution in [0.15, 0.2) is 36.4 Å². The van der Waals surface area contributed by atoms with Crippen LogP contribution in [0.25, 0.3) is 0 Å². The summed E-state index contributed by atoms with van der Waals surface area (Å²) in [6.45, 7) is 1.93. The summed E-state index contributed by atoms with van der Waals surface area (Å²) in [5, 5.41) is 6.84. The van der Waals surface area contributed by atoms with Crippen LogP contribution < -0.4 is 10.6 Å². The lowest BCUT2D eigenvalue weighted by atomic mass is 9.90. The Hall–Kier alpha value is -1.94. The van der Waals surface area contributed by atoms with Gasteiger partial charge in [-0.1, -0.05) is 18.2 Å². The van der Waals surface area contributed by atoms with Crippen LogP contribution in [0.3, 0.4) is 0 Å². The molecule has 4 heteroatoms. The SMILES string of the molecule is Cc1ccc(F)cc1NC(=S)Nc1cccc2c1CCCC2. The van der Waals surface area contributed by atoms with Gasteiger partial charge < -0.3 is 10.6 Å². The van der Waals surface area contributed by atoms with Crippen molar-refractivity contribution in [2.24, 2.45) is 0 Å². The highest BCUT2D eigenvalue weighted by atomic mass is 32.1. The van der Waals surface area contributed by atoms with Crippen LogP contribution in [0.1, 0.15) is 29.5 Å². The maximum absolute atomic E-state index is 13.3. The van der Waals surface area contributed by atoms with Crippen molar-refractivity contribution in [2.75, 3.05) is 10.6 Å². The molecule has 2 N–H and O–H groups in total. The van der Waals surface area contributed by atoms with E-state index in [4.69, 9.17) is 12.2 Å². The Morgan fingerprint density at radius 1 is 1.05 bits per heavy atom. The Bertz CT molecular complexity index is 712. The van der Waals surface area contributed by atoms with Gasteiger partial charge in [0.15, 0.2) is 5.11 Å². The molecule has 0 fully saturated rings. The molecule has 0 spiro atoms. The number of hydrogen-bond acceptors (Lipinski definition) is 1. The molecule has 114 valence electrons. The third kappa shape index (κ3) is 3.28. The zero-order valence-electron chi connectivity index (χ0n) is 12.6. The number of thiocarbonyl (C=S) groups is 1. The van der Waals surface area contributed by atoms with Gasteiger partial charge in [-0.2, -0.15) is 0 Å². The molecule has 2 aromatic rings. The van der Waals surface area contributed by atoms with Crippen molar-refractivity contribution in [2.45, 2.75) is 32.6 Å². The second-order valence-electron chi connectivity index (χ2n) is 5.69. The topological polar surface area (TPSA) is 24.1 Å². The number of fused-ring (bicyclic) bond motifs is 1. The monoisotopic (exact) mass is 314 g/mol. The van der Waals surface area contributed by atoms with E-state index in [-0.39, 0.29) is 5.82 Å². The molecule has 0 bridgehead atoms. The molecule has 0 amide bonds. The first-order chi connectivity index (χ1) is 10.6. The Morgan fingerprint density at radius 3 is 2.68 bits per heavy atom. The first kappa shape index (κ1) is 15.0. The van der Waals surface area contributed by atoms with E-state index in [1.165, 1.54) is 36.1 Å². The maximum Gasteiger partial charge on any atom is 0.175 e. The smallest absolute Gasteiger partial charge is 0.175 e. The number of hydrogen-bond donors (Lipinski definition) is 2. The lowest BCUT2D eigenvalue weighted by Crippen LogP contribution is -2.21. The van der Waals surface area contributed by atoms with Crippen molar-refractivity contribution in [3.05, 3.63) is 58.9 Å². The Balaban J connectivity index is 1.76. The summed E-state index contributed by atoms with van der Waals surface area (Å²) in [5.74, 6) is -0.270. The number of nitrogens with one attached hydrogen (secondary N) is 2. The van der Waals surface area contributed by atoms with Crippen LogP contribution in [0, 0.1) is 12.7 Å². The highest BCUT2D eigenvalue weighted by Crippen LogP contribution is 2.28. The molecule has 3 rings (SSSR count). The summed E-state index contributed by atoms with van der Waals surface area (Å²) in [6, 6.07) is 10.9. The van der Waals surface area contributed by atoms with Crippen LogP contribution >= 0.6 is 12.2 Å². The third-order valence-electron chi connectivity index (χ3n) is 4.09. The van der Waals surface area contributed by atoms with Gasteiger partial charge in [0, 0.05) is 11.4 Å². The molecule has 1 aliphatic rings. The summed E-state index contributed by atoms with van der Waals surface area (Å²) in [5.41, 5.74) is 5.47. The predicted octanol–water partition coefficient (Wildman–Crippen LogP) is 4.82. The summed E-state index contributed by atoms with van der Waals surface area (Å²) < 4.78 is 13.3. The largest absolute Gasteiger partial charge is 0.332 e. The van der Waals surface area contributed by atoms with Gasteiger partial charge in [-0.3, -0.25) is 0 Å². The van der Waals surface area contributed by atoms with Crippen molar-refractivity contribution >= 4 is 28.7 Å². The fourth-order valence-electron chi connectivity index (χ4n) is 2.90. The number of rotatable bonds is 2. The fourth-order valence-corrected chi connectivity index (χ4v) is 3.12. The zero-order valence-corrected chi connectivity index (χ0v) is 13.4. The molecule has 0 radical (unpaired) electrons. The standard InChI is InChI=1S/C18H19FN2S/c1-12-9-10-14(19)11-17(12)21-18(22)20-16-8-4-6-13-5-2-3-7-15(13)16/h4,6,8-11H,2-3,5,7H2,1H3,(H2,20,21,22). The minimum absolute atomic E-state index is 0.270. The van der Waals surface area contributed by atoms with Gasteiger partial charge in [-0.05, 0) is 79.7 Å². The van der Waals surface area contributed by atoms with E-state index in [0.29, 0.717) is 10.8 Å². The second kappa shape index (κ2) is 6.44. The van der Waals surface area contributed by atoms with E-state index in [1.807, 2.05) is 6.92 Å². The first-order valence-electron chi connectivity index (χ1n) is 7.58. The van der Waals surface area contributed by atoms with Crippen LogP contribution in [-0.2, 0) is 12.8 Å². The van der Waals surface area contributed by atoms with Crippen molar-refractivity contribution in [3.8, 4) is 0 Å². The van der Waals surface area contributed by atoms with E-state index >= 15 is 0 Å². The van der Waals surface area contributed by atoms with E-state index in [2.05, 4.69) is 28.8 Å². The lowest BCUT2D eigenvalue weighted by Gasteiger charge is -2.21. The second-order valence-corrected chi connectivity index (χ2v) is 6.10. The Kier molecular flexibility index (Phi) is 4.39. The average molecular weight is 314 g/mol. The van der Waals surface area contributed by atoms with E-state index in [9.17, 15) is 4.39 Å². The molecule has 0 aromatic heterocycles. The predicted molar refractivity (Wildman–Crippen MR) is 94.1 cm³/mol. The van der Waals surface area contributed by atoms with E-state index in [0.717, 1.165) is 24.1 Å². The first-order valence-corrected chi connectivity index (χ1v) is 7.99. The molecule has 0 saturated carbocycles. The fraction of sp³-hybridized carbons (Fsp3) is 0.278. The van der Waals surface area contributed by atoms with Gasteiger partial charge in [0.1, 0.15) is 5.82 Å². The number of aryl methyl sites for hydroxylation is 2. The minimum Gasteiger partial charge on any atom is -0.332 e. The molecule has 0 atom stereocenters. The van der Waals surface area contributed by atoms with Gasteiger partial charge in [0.25, 0.3) is 0 Å². The van der Waals surface area contributed by atoms with Crippen LogP contribution in [0.4, 0.5) is 15.8 Å². The zero-order chi connectivity index (χ0) is 15.5. The van der Waals surface area contributed by atoms with Gasteiger partial charge in [0.2, 0.25) is 0 Å². The summed E-state index contributed by atoms with van der Waals surface area (Å²) in [6.07, 6.45) is 4.69. The van der Waals surface area contributed by atoms with E-state index in [1.54, 1.807) is 6.07 Å². The third-order valence-corrected chi connectivity index (χ3v) is 4.30. The Labute approximate surface area is 135 Å². The molecule has 2 aromatic carbocycles. The van der Waals surface area contributed by atoms with Crippen LogP contribution in [0.2, 0.25) is 0 Å². The van der Waals surface area contributed by atoms with Crippen molar-refractivity contribution in [1.29, 1.82) is 0 Å². The minimum atomic E-state index is -0.270. The molecule has 1 aliphatic carbocycles. The quantitative estimate of drug-likeness (QED) is 0.777. The van der Waals surface area contributed by atoms with Gasteiger partial charge in [-0.25, -0.2) is 4.39 Å². The molecule has 0 unspecified atom stereocenters. The molecule has 0 saturated heterocycles. The summed E-state index contributed by atoms with van der Waals surface area (Å²) >= 11 is 5.38. The number of benzene rings is 2. The Morgan fingerprint density at radius 2 is 1.82 bits per heavy atom. The van der Waals surface area contributed by atoms with Crippen molar-refractivity contribution in [1.82, 2.24) is 0 Å². The molecule has 0 aliphatic heterocycles. The van der Waals surface area contributed by atoms with E-state index < -0.39 is 0 Å². The average Bonchev–Trinajstić information content (AvgIpc) is 2.51. The molecular weight excluding hydrogens is 295 g/mol. The molecule has 22 heavy (non-hydrogen) atoms. The summed E-state index contributed by atoms with van der Waals surface area (Å²) in [7, 11) is 0. The van der Waals surface area contributed by atoms with Crippen LogP contribution in [-0.4, -0.2) is 5.11 Å². The summed E-state index contributed by atoms with van der Waals surface area (Å²) in [4.78, 5) is 0. The highest BCUT2D eigenvalue weighted by Gasteiger charge is 2.13. The van der Waals surface area contributed by atoms with Crippen molar-refractivity contribution in [3.63, 3.8) is 0 Å². The van der Waals surface area contributed by atoms with Crippen molar-refractivity contribution < 1.29 is 4.39 Å². The van der Waals surface area contributed by atoms with Gasteiger partial charge in [0.05, 0.1) is 0 Å². The maximum atomic E-state index is 13.3. The van der Waals surface area contributed by atoms with Gasteiger partial charge >= 0.3 is 0 Å². The highest BCUT2D eigenvalue weighted by molar-refractivity contribution is 7.80. The van der Waals surface area contributed by atoms with Crippen LogP contribution in [0.5, 0.6) is 0 Å². The van der Waals surface area contributed by atoms with Gasteiger partial charge in [-0.15, -0.1) is 0 Å². The molecular formula is C18H19FN2S. The molecule has 0 heterocycles. The lowest BCUT2D eigenvalue weighted by molar-refractivity contribution is 0.628. The normalized spacial score (nSPS) is 13.4. The molecule has 2 nitrogen and oxygen atoms in total. The number of halogens is 1.